The Kier molecular flexibility index (Phi) is 5.75. The Labute approximate surface area is 144 Å². The van der Waals surface area contributed by atoms with Gasteiger partial charge in [-0.2, -0.15) is 5.26 Å². The van der Waals surface area contributed by atoms with Gasteiger partial charge in [-0.3, -0.25) is 9.69 Å². The summed E-state index contributed by atoms with van der Waals surface area (Å²) >= 11 is 0. The molecule has 1 heterocycles. The highest BCUT2D eigenvalue weighted by atomic mass is 16.5. The summed E-state index contributed by atoms with van der Waals surface area (Å²) in [6, 6.07) is 2.45. The Balaban J connectivity index is 1.60. The van der Waals surface area contributed by atoms with Gasteiger partial charge in [-0.05, 0) is 25.7 Å². The number of ether oxygens (including phenoxy) is 1. The van der Waals surface area contributed by atoms with Crippen molar-refractivity contribution in [3.63, 3.8) is 0 Å². The summed E-state index contributed by atoms with van der Waals surface area (Å²) in [5.74, 6) is 0.121. The molecule has 0 aromatic heterocycles. The maximum Gasteiger partial charge on any atom is 0.235 e. The predicted octanol–water partition coefficient (Wildman–Crippen LogP) is 1.19. The first-order valence-electron chi connectivity index (χ1n) is 9.36. The van der Waals surface area contributed by atoms with Gasteiger partial charge in [0, 0.05) is 18.5 Å². The third kappa shape index (κ3) is 3.90. The zero-order valence-electron chi connectivity index (χ0n) is 14.4. The fourth-order valence-corrected chi connectivity index (χ4v) is 4.58. The summed E-state index contributed by atoms with van der Waals surface area (Å²) in [6.07, 6.45) is 7.25. The first-order chi connectivity index (χ1) is 11.6. The normalized spacial score (nSPS) is 33.8. The summed E-state index contributed by atoms with van der Waals surface area (Å²) in [7, 11) is 0. The molecule has 0 radical (unpaired) electrons. The van der Waals surface area contributed by atoms with Crippen LogP contribution in [-0.4, -0.2) is 59.9 Å². The smallest absolute Gasteiger partial charge is 0.235 e. The van der Waals surface area contributed by atoms with Gasteiger partial charge in [-0.1, -0.05) is 25.7 Å². The Morgan fingerprint density at radius 3 is 2.75 bits per heavy atom. The Morgan fingerprint density at radius 2 is 2.08 bits per heavy atom. The lowest BCUT2D eigenvalue weighted by Crippen LogP contribution is -2.57. The second kappa shape index (κ2) is 7.81. The largest absolute Gasteiger partial charge is 0.393 e. The monoisotopic (exact) mass is 335 g/mol. The molecule has 0 aromatic rings. The van der Waals surface area contributed by atoms with Crippen LogP contribution in [0, 0.1) is 17.2 Å². The van der Waals surface area contributed by atoms with Crippen molar-refractivity contribution in [2.75, 3.05) is 26.3 Å². The van der Waals surface area contributed by atoms with Crippen molar-refractivity contribution >= 4 is 5.91 Å². The zero-order chi connectivity index (χ0) is 17.0. The van der Waals surface area contributed by atoms with E-state index >= 15 is 0 Å². The summed E-state index contributed by atoms with van der Waals surface area (Å²) < 4.78 is 5.61. The molecule has 2 N–H and O–H groups in total. The van der Waals surface area contributed by atoms with Gasteiger partial charge in [0.25, 0.3) is 0 Å². The van der Waals surface area contributed by atoms with Gasteiger partial charge in [0.2, 0.25) is 5.91 Å². The van der Waals surface area contributed by atoms with Crippen LogP contribution in [0.25, 0.3) is 0 Å². The molecule has 3 rings (SSSR count). The average Bonchev–Trinajstić information content (AvgIpc) is 3.02. The number of aliphatic hydroxyl groups excluding tert-OH is 1. The standard InChI is InChI=1S/C18H29N3O3/c19-13-18(7-2-1-3-8-18)20-17(23)11-21-9-10-24-12-15(21)14-5-4-6-16(14)22/h14-16,22H,1-12H2,(H,20,23)/t14-,15-,16-/m1/s1. The number of hydrogen-bond acceptors (Lipinski definition) is 5. The number of nitriles is 1. The minimum atomic E-state index is -0.677. The fourth-order valence-electron chi connectivity index (χ4n) is 4.58. The molecule has 1 saturated heterocycles. The van der Waals surface area contributed by atoms with E-state index in [4.69, 9.17) is 4.74 Å². The van der Waals surface area contributed by atoms with Crippen molar-refractivity contribution in [1.82, 2.24) is 10.2 Å². The van der Waals surface area contributed by atoms with Crippen molar-refractivity contribution in [2.24, 2.45) is 5.92 Å². The number of nitrogens with one attached hydrogen (secondary N) is 1. The van der Waals surface area contributed by atoms with E-state index in [0.717, 1.165) is 51.4 Å². The van der Waals surface area contributed by atoms with Crippen LogP contribution in [-0.2, 0) is 9.53 Å². The highest BCUT2D eigenvalue weighted by Crippen LogP contribution is 2.32. The highest BCUT2D eigenvalue weighted by molar-refractivity contribution is 5.79. The van der Waals surface area contributed by atoms with Crippen LogP contribution in [0.15, 0.2) is 0 Å². The molecule has 1 aliphatic heterocycles. The number of aliphatic hydroxyl groups is 1. The van der Waals surface area contributed by atoms with Crippen molar-refractivity contribution in [2.45, 2.75) is 69.1 Å². The first kappa shape index (κ1) is 17.7. The van der Waals surface area contributed by atoms with Crippen LogP contribution in [0.1, 0.15) is 51.4 Å². The van der Waals surface area contributed by atoms with E-state index < -0.39 is 5.54 Å². The molecule has 0 spiro atoms. The summed E-state index contributed by atoms with van der Waals surface area (Å²) in [5.41, 5.74) is -0.677. The summed E-state index contributed by atoms with van der Waals surface area (Å²) in [5, 5.41) is 22.7. The molecule has 2 aliphatic carbocycles. The van der Waals surface area contributed by atoms with Crippen LogP contribution in [0.3, 0.4) is 0 Å². The second-order valence-corrected chi connectivity index (χ2v) is 7.58. The van der Waals surface area contributed by atoms with Crippen LogP contribution in [0.4, 0.5) is 0 Å². The number of carbonyl (C=O) groups excluding carboxylic acids is 1. The average molecular weight is 335 g/mol. The molecular weight excluding hydrogens is 306 g/mol. The molecule has 6 heteroatoms. The van der Waals surface area contributed by atoms with E-state index in [2.05, 4.69) is 16.3 Å². The number of rotatable bonds is 4. The molecular formula is C18H29N3O3. The molecule has 0 unspecified atom stereocenters. The molecule has 24 heavy (non-hydrogen) atoms. The van der Waals surface area contributed by atoms with Crippen LogP contribution < -0.4 is 5.32 Å². The van der Waals surface area contributed by atoms with Crippen molar-refractivity contribution < 1.29 is 14.6 Å². The van der Waals surface area contributed by atoms with Gasteiger partial charge < -0.3 is 15.2 Å². The van der Waals surface area contributed by atoms with Gasteiger partial charge in [0.05, 0.1) is 31.9 Å². The van der Waals surface area contributed by atoms with Crippen LogP contribution in [0.2, 0.25) is 0 Å². The Morgan fingerprint density at radius 1 is 1.29 bits per heavy atom. The quantitative estimate of drug-likeness (QED) is 0.806. The maximum absolute atomic E-state index is 12.6. The molecule has 0 bridgehead atoms. The van der Waals surface area contributed by atoms with E-state index in [-0.39, 0.29) is 24.0 Å². The third-order valence-corrected chi connectivity index (χ3v) is 5.95. The lowest BCUT2D eigenvalue weighted by atomic mass is 9.83. The summed E-state index contributed by atoms with van der Waals surface area (Å²) in [6.45, 7) is 2.20. The lowest BCUT2D eigenvalue weighted by molar-refractivity contribution is -0.128. The summed E-state index contributed by atoms with van der Waals surface area (Å²) in [4.78, 5) is 14.7. The number of hydrogen-bond donors (Lipinski definition) is 2. The van der Waals surface area contributed by atoms with Gasteiger partial charge in [-0.25, -0.2) is 0 Å². The van der Waals surface area contributed by atoms with E-state index in [0.29, 0.717) is 26.3 Å². The maximum atomic E-state index is 12.6. The molecule has 3 atom stereocenters. The molecule has 2 saturated carbocycles. The van der Waals surface area contributed by atoms with E-state index in [1.54, 1.807) is 0 Å². The van der Waals surface area contributed by atoms with E-state index in [9.17, 15) is 15.2 Å². The molecule has 3 aliphatic rings. The lowest BCUT2D eigenvalue weighted by Gasteiger charge is -2.40. The molecule has 0 aromatic carbocycles. The van der Waals surface area contributed by atoms with Crippen molar-refractivity contribution in [1.29, 1.82) is 5.26 Å². The van der Waals surface area contributed by atoms with Gasteiger partial charge >= 0.3 is 0 Å². The van der Waals surface area contributed by atoms with E-state index in [1.807, 2.05) is 0 Å². The van der Waals surface area contributed by atoms with Gasteiger partial charge in [0.15, 0.2) is 0 Å². The second-order valence-electron chi connectivity index (χ2n) is 7.58. The number of morpholine rings is 1. The Bertz CT molecular complexity index is 484. The minimum Gasteiger partial charge on any atom is -0.393 e. The number of nitrogens with zero attached hydrogens (tertiary/aromatic N) is 2. The van der Waals surface area contributed by atoms with Gasteiger partial charge in [-0.15, -0.1) is 0 Å². The predicted molar refractivity (Wildman–Crippen MR) is 89.1 cm³/mol. The molecule has 6 nitrogen and oxygen atoms in total. The van der Waals surface area contributed by atoms with Crippen molar-refractivity contribution in [3.8, 4) is 6.07 Å². The molecule has 134 valence electrons. The zero-order valence-corrected chi connectivity index (χ0v) is 14.4. The van der Waals surface area contributed by atoms with Crippen LogP contribution >= 0.6 is 0 Å². The minimum absolute atomic E-state index is 0.0714. The molecule has 3 fully saturated rings. The SMILES string of the molecule is N#CC1(NC(=O)CN2CCOC[C@@H]2[C@H]2CCC[C@H]2O)CCCCC1. The fraction of sp³-hybridized carbons (Fsp3) is 0.889. The third-order valence-electron chi connectivity index (χ3n) is 5.95. The molecule has 1 amide bonds. The van der Waals surface area contributed by atoms with E-state index in [1.165, 1.54) is 0 Å². The number of carbonyl (C=O) groups is 1. The van der Waals surface area contributed by atoms with Gasteiger partial charge in [0.1, 0.15) is 5.54 Å². The first-order valence-corrected chi connectivity index (χ1v) is 9.36. The number of amides is 1. The Hall–Kier alpha value is -1.16. The van der Waals surface area contributed by atoms with Crippen LogP contribution in [0.5, 0.6) is 0 Å². The van der Waals surface area contributed by atoms with Crippen molar-refractivity contribution in [3.05, 3.63) is 0 Å². The highest BCUT2D eigenvalue weighted by Gasteiger charge is 2.39. The topological polar surface area (TPSA) is 85.6 Å².